The Morgan fingerprint density at radius 1 is 1.24 bits per heavy atom. The van der Waals surface area contributed by atoms with Gasteiger partial charge in [-0.3, -0.25) is 9.97 Å². The van der Waals surface area contributed by atoms with E-state index >= 15 is 0 Å². The molecule has 4 heteroatoms. The fraction of sp³-hybridized carbons (Fsp3) is 0.231. The molecule has 0 radical (unpaired) electrons. The SMILES string of the molecule is CC(C)Oc1cncc(-c2cc(Cl)ccn2)c1. The fourth-order valence-electron chi connectivity index (χ4n) is 1.46. The normalized spacial score (nSPS) is 10.6. The Kier molecular flexibility index (Phi) is 3.59. The van der Waals surface area contributed by atoms with Crippen LogP contribution < -0.4 is 4.74 Å². The summed E-state index contributed by atoms with van der Waals surface area (Å²) in [5.41, 5.74) is 1.69. The van der Waals surface area contributed by atoms with E-state index in [0.29, 0.717) is 5.02 Å². The second-order valence-electron chi connectivity index (χ2n) is 3.94. The molecule has 0 amide bonds. The van der Waals surface area contributed by atoms with Crippen molar-refractivity contribution in [3.63, 3.8) is 0 Å². The van der Waals surface area contributed by atoms with E-state index in [1.165, 1.54) is 0 Å². The van der Waals surface area contributed by atoms with Gasteiger partial charge in [0.2, 0.25) is 0 Å². The minimum absolute atomic E-state index is 0.124. The van der Waals surface area contributed by atoms with Crippen LogP contribution in [-0.4, -0.2) is 16.1 Å². The highest BCUT2D eigenvalue weighted by molar-refractivity contribution is 6.30. The van der Waals surface area contributed by atoms with Gasteiger partial charge >= 0.3 is 0 Å². The van der Waals surface area contributed by atoms with Gasteiger partial charge in [-0.05, 0) is 32.0 Å². The van der Waals surface area contributed by atoms with Crippen molar-refractivity contribution in [2.45, 2.75) is 20.0 Å². The number of nitrogens with zero attached hydrogens (tertiary/aromatic N) is 2. The van der Waals surface area contributed by atoms with Crippen molar-refractivity contribution in [2.24, 2.45) is 0 Å². The van der Waals surface area contributed by atoms with Crippen molar-refractivity contribution in [3.8, 4) is 17.0 Å². The Hall–Kier alpha value is -1.61. The van der Waals surface area contributed by atoms with E-state index in [1.807, 2.05) is 19.9 Å². The van der Waals surface area contributed by atoms with Gasteiger partial charge in [-0.15, -0.1) is 0 Å². The van der Waals surface area contributed by atoms with Crippen LogP contribution in [0.3, 0.4) is 0 Å². The van der Waals surface area contributed by atoms with E-state index in [2.05, 4.69) is 9.97 Å². The summed E-state index contributed by atoms with van der Waals surface area (Å²) >= 11 is 5.93. The van der Waals surface area contributed by atoms with Crippen LogP contribution in [0.15, 0.2) is 36.8 Å². The molecule has 3 nitrogen and oxygen atoms in total. The van der Waals surface area contributed by atoms with Crippen LogP contribution in [0, 0.1) is 0 Å². The molecule has 88 valence electrons. The molecular weight excluding hydrogens is 236 g/mol. The lowest BCUT2D eigenvalue weighted by Gasteiger charge is -2.10. The van der Waals surface area contributed by atoms with Gasteiger partial charge in [0.05, 0.1) is 18.0 Å². The Labute approximate surface area is 105 Å². The number of ether oxygens (including phenoxy) is 1. The molecule has 17 heavy (non-hydrogen) atoms. The molecule has 0 aliphatic rings. The third-order valence-corrected chi connectivity index (χ3v) is 2.34. The van der Waals surface area contributed by atoms with Crippen molar-refractivity contribution < 1.29 is 4.74 Å². The van der Waals surface area contributed by atoms with Gasteiger partial charge in [0, 0.05) is 23.0 Å². The third kappa shape index (κ3) is 3.17. The molecule has 0 aliphatic heterocycles. The standard InChI is InChI=1S/C13H13ClN2O/c1-9(2)17-12-5-10(7-15-8-12)13-6-11(14)3-4-16-13/h3-9H,1-2H3. The molecule has 2 aromatic heterocycles. The summed E-state index contributed by atoms with van der Waals surface area (Å²) < 4.78 is 5.58. The predicted molar refractivity (Wildman–Crippen MR) is 68.2 cm³/mol. The predicted octanol–water partition coefficient (Wildman–Crippen LogP) is 3.58. The maximum atomic E-state index is 5.93. The molecule has 0 saturated carbocycles. The fourth-order valence-corrected chi connectivity index (χ4v) is 1.62. The highest BCUT2D eigenvalue weighted by Crippen LogP contribution is 2.23. The lowest BCUT2D eigenvalue weighted by Crippen LogP contribution is -2.05. The van der Waals surface area contributed by atoms with E-state index in [1.54, 1.807) is 30.7 Å². The van der Waals surface area contributed by atoms with Crippen molar-refractivity contribution in [3.05, 3.63) is 41.8 Å². The number of halogens is 1. The Balaban J connectivity index is 2.33. The first kappa shape index (κ1) is 11.9. The number of rotatable bonds is 3. The lowest BCUT2D eigenvalue weighted by atomic mass is 10.2. The van der Waals surface area contributed by atoms with Crippen LogP contribution in [0.4, 0.5) is 0 Å². The summed E-state index contributed by atoms with van der Waals surface area (Å²) in [4.78, 5) is 8.39. The summed E-state index contributed by atoms with van der Waals surface area (Å²) in [5, 5.41) is 0.658. The van der Waals surface area contributed by atoms with Crippen LogP contribution in [0.25, 0.3) is 11.3 Å². The summed E-state index contributed by atoms with van der Waals surface area (Å²) in [6, 6.07) is 5.45. The average molecular weight is 249 g/mol. The molecule has 0 spiro atoms. The quantitative estimate of drug-likeness (QED) is 0.833. The van der Waals surface area contributed by atoms with Crippen LogP contribution in [0.5, 0.6) is 5.75 Å². The average Bonchev–Trinajstić information content (AvgIpc) is 2.28. The van der Waals surface area contributed by atoms with Gasteiger partial charge in [0.15, 0.2) is 0 Å². The Morgan fingerprint density at radius 3 is 2.76 bits per heavy atom. The maximum Gasteiger partial charge on any atom is 0.138 e. The van der Waals surface area contributed by atoms with Gasteiger partial charge < -0.3 is 4.74 Å². The van der Waals surface area contributed by atoms with Crippen LogP contribution in [0.2, 0.25) is 5.02 Å². The topological polar surface area (TPSA) is 35.0 Å². The van der Waals surface area contributed by atoms with E-state index in [0.717, 1.165) is 17.0 Å². The molecule has 2 heterocycles. The molecule has 0 fully saturated rings. The highest BCUT2D eigenvalue weighted by Gasteiger charge is 2.04. The number of hydrogen-bond acceptors (Lipinski definition) is 3. The molecule has 0 aromatic carbocycles. The van der Waals surface area contributed by atoms with Crippen LogP contribution in [-0.2, 0) is 0 Å². The van der Waals surface area contributed by atoms with Gasteiger partial charge in [-0.25, -0.2) is 0 Å². The second-order valence-corrected chi connectivity index (χ2v) is 4.37. The summed E-state index contributed by atoms with van der Waals surface area (Å²) in [5.74, 6) is 0.735. The molecule has 0 N–H and O–H groups in total. The van der Waals surface area contributed by atoms with Crippen molar-refractivity contribution >= 4 is 11.6 Å². The smallest absolute Gasteiger partial charge is 0.138 e. The van der Waals surface area contributed by atoms with Crippen molar-refractivity contribution in [1.82, 2.24) is 9.97 Å². The van der Waals surface area contributed by atoms with Gasteiger partial charge in [0.1, 0.15) is 5.75 Å². The largest absolute Gasteiger partial charge is 0.489 e. The third-order valence-electron chi connectivity index (χ3n) is 2.10. The zero-order chi connectivity index (χ0) is 12.3. The molecule has 2 rings (SSSR count). The molecule has 0 aliphatic carbocycles. The van der Waals surface area contributed by atoms with Gasteiger partial charge in [-0.2, -0.15) is 0 Å². The maximum absolute atomic E-state index is 5.93. The monoisotopic (exact) mass is 248 g/mol. The second kappa shape index (κ2) is 5.15. The van der Waals surface area contributed by atoms with Crippen molar-refractivity contribution in [2.75, 3.05) is 0 Å². The van der Waals surface area contributed by atoms with E-state index < -0.39 is 0 Å². The van der Waals surface area contributed by atoms with E-state index in [9.17, 15) is 0 Å². The molecule has 0 saturated heterocycles. The summed E-state index contributed by atoms with van der Waals surface area (Å²) in [6.07, 6.45) is 5.23. The zero-order valence-electron chi connectivity index (χ0n) is 9.72. The highest BCUT2D eigenvalue weighted by atomic mass is 35.5. The minimum Gasteiger partial charge on any atom is -0.489 e. The molecular formula is C13H13ClN2O. The Morgan fingerprint density at radius 2 is 2.06 bits per heavy atom. The molecule has 2 aromatic rings. The first-order valence-corrected chi connectivity index (χ1v) is 5.76. The molecule has 0 unspecified atom stereocenters. The zero-order valence-corrected chi connectivity index (χ0v) is 10.5. The van der Waals surface area contributed by atoms with E-state index in [-0.39, 0.29) is 6.10 Å². The lowest BCUT2D eigenvalue weighted by molar-refractivity contribution is 0.241. The minimum atomic E-state index is 0.124. The van der Waals surface area contributed by atoms with Crippen LogP contribution in [0.1, 0.15) is 13.8 Å². The molecule has 0 bridgehead atoms. The van der Waals surface area contributed by atoms with E-state index in [4.69, 9.17) is 16.3 Å². The summed E-state index contributed by atoms with van der Waals surface area (Å²) in [6.45, 7) is 3.95. The Bertz CT molecular complexity index is 514. The number of aromatic nitrogens is 2. The molecule has 0 atom stereocenters. The van der Waals surface area contributed by atoms with Gasteiger partial charge in [0.25, 0.3) is 0 Å². The first-order chi connectivity index (χ1) is 8.15. The van der Waals surface area contributed by atoms with Crippen LogP contribution >= 0.6 is 11.6 Å². The van der Waals surface area contributed by atoms with Gasteiger partial charge in [-0.1, -0.05) is 11.6 Å². The first-order valence-electron chi connectivity index (χ1n) is 5.39. The van der Waals surface area contributed by atoms with Crippen molar-refractivity contribution in [1.29, 1.82) is 0 Å². The summed E-state index contributed by atoms with van der Waals surface area (Å²) in [7, 11) is 0. The number of pyridine rings is 2. The number of hydrogen-bond donors (Lipinski definition) is 0.